The van der Waals surface area contributed by atoms with Crippen LogP contribution in [0.5, 0.6) is 0 Å². The van der Waals surface area contributed by atoms with E-state index in [4.69, 9.17) is 5.73 Å². The van der Waals surface area contributed by atoms with Crippen LogP contribution >= 0.6 is 0 Å². The number of rotatable bonds is 5. The maximum Gasteiger partial charge on any atom is 0.151 e. The Morgan fingerprint density at radius 3 is 2.69 bits per heavy atom. The minimum atomic E-state index is 0.250. The Kier molecular flexibility index (Phi) is 4.68. The van der Waals surface area contributed by atoms with Gasteiger partial charge in [-0.25, -0.2) is 0 Å². The molecule has 1 atom stereocenters. The van der Waals surface area contributed by atoms with Gasteiger partial charge in [-0.1, -0.05) is 13.8 Å². The third-order valence-electron chi connectivity index (χ3n) is 2.82. The number of anilines is 1. The van der Waals surface area contributed by atoms with Gasteiger partial charge in [-0.15, -0.1) is 5.10 Å². The maximum atomic E-state index is 6.01. The summed E-state index contributed by atoms with van der Waals surface area (Å²) in [4.78, 5) is 2.10. The number of nitrogens with two attached hydrogens (primary N) is 1. The van der Waals surface area contributed by atoms with E-state index in [1.165, 1.54) is 0 Å². The van der Waals surface area contributed by atoms with Crippen LogP contribution in [0.4, 0.5) is 5.82 Å². The first kappa shape index (κ1) is 12.9. The van der Waals surface area contributed by atoms with Gasteiger partial charge in [-0.05, 0) is 30.9 Å². The van der Waals surface area contributed by atoms with Crippen molar-refractivity contribution in [3.8, 4) is 0 Å². The lowest BCUT2D eigenvalue weighted by molar-refractivity contribution is 0.465. The van der Waals surface area contributed by atoms with Gasteiger partial charge < -0.3 is 10.6 Å². The average Bonchev–Trinajstić information content (AvgIpc) is 2.25. The first-order valence-corrected chi connectivity index (χ1v) is 5.76. The number of aromatic nitrogens is 2. The van der Waals surface area contributed by atoms with Crippen LogP contribution < -0.4 is 10.6 Å². The normalized spacial score (nSPS) is 12.9. The molecular formula is C12H22N4. The smallest absolute Gasteiger partial charge is 0.151 e. The molecule has 0 saturated carbocycles. The van der Waals surface area contributed by atoms with Crippen LogP contribution in [0, 0.1) is 12.8 Å². The van der Waals surface area contributed by atoms with E-state index in [9.17, 15) is 0 Å². The minimum absolute atomic E-state index is 0.250. The Bertz CT molecular complexity index is 325. The molecule has 2 N–H and O–H groups in total. The minimum Gasteiger partial charge on any atom is -0.358 e. The van der Waals surface area contributed by atoms with Gasteiger partial charge in [-0.3, -0.25) is 0 Å². The second-order valence-corrected chi connectivity index (χ2v) is 4.71. The highest BCUT2D eigenvalue weighted by atomic mass is 15.2. The summed E-state index contributed by atoms with van der Waals surface area (Å²) in [7, 11) is 2.02. The second kappa shape index (κ2) is 5.80. The summed E-state index contributed by atoms with van der Waals surface area (Å²) >= 11 is 0. The molecule has 0 spiro atoms. The van der Waals surface area contributed by atoms with Gasteiger partial charge >= 0.3 is 0 Å². The van der Waals surface area contributed by atoms with Crippen molar-refractivity contribution in [3.05, 3.63) is 17.8 Å². The highest BCUT2D eigenvalue weighted by molar-refractivity contribution is 5.37. The highest BCUT2D eigenvalue weighted by Gasteiger charge is 2.10. The monoisotopic (exact) mass is 222 g/mol. The van der Waals surface area contributed by atoms with E-state index >= 15 is 0 Å². The predicted octanol–water partition coefficient (Wildman–Crippen LogP) is 1.59. The summed E-state index contributed by atoms with van der Waals surface area (Å²) in [6.07, 6.45) is 2.74. The lowest BCUT2D eigenvalue weighted by Crippen LogP contribution is -2.32. The van der Waals surface area contributed by atoms with Crippen molar-refractivity contribution in [2.75, 3.05) is 18.5 Å². The molecule has 0 saturated heterocycles. The predicted molar refractivity (Wildman–Crippen MR) is 67.5 cm³/mol. The van der Waals surface area contributed by atoms with E-state index in [1.54, 1.807) is 6.20 Å². The molecule has 4 nitrogen and oxygen atoms in total. The summed E-state index contributed by atoms with van der Waals surface area (Å²) in [5.74, 6) is 1.44. The molecule has 0 bridgehead atoms. The van der Waals surface area contributed by atoms with E-state index in [0.29, 0.717) is 5.92 Å². The average molecular weight is 222 g/mol. The number of hydrogen-bond donors (Lipinski definition) is 1. The Morgan fingerprint density at radius 2 is 2.12 bits per heavy atom. The van der Waals surface area contributed by atoms with Crippen LogP contribution in [-0.2, 0) is 0 Å². The second-order valence-electron chi connectivity index (χ2n) is 4.71. The maximum absolute atomic E-state index is 6.01. The van der Waals surface area contributed by atoms with Gasteiger partial charge in [0, 0.05) is 19.6 Å². The molecule has 0 radical (unpaired) electrons. The first-order chi connectivity index (χ1) is 7.50. The first-order valence-electron chi connectivity index (χ1n) is 5.76. The van der Waals surface area contributed by atoms with Gasteiger partial charge in [0.25, 0.3) is 0 Å². The molecule has 0 aliphatic rings. The van der Waals surface area contributed by atoms with Crippen molar-refractivity contribution in [2.24, 2.45) is 11.7 Å². The van der Waals surface area contributed by atoms with Crippen molar-refractivity contribution in [1.29, 1.82) is 0 Å². The van der Waals surface area contributed by atoms with E-state index in [2.05, 4.69) is 28.9 Å². The third kappa shape index (κ3) is 3.77. The van der Waals surface area contributed by atoms with Gasteiger partial charge in [0.2, 0.25) is 0 Å². The molecule has 0 aromatic carbocycles. The Labute approximate surface area is 97.9 Å². The van der Waals surface area contributed by atoms with Crippen molar-refractivity contribution in [2.45, 2.75) is 33.2 Å². The third-order valence-corrected chi connectivity index (χ3v) is 2.82. The SMILES string of the molecule is Cc1cnnc(N(C)CCC(N)C(C)C)c1. The van der Waals surface area contributed by atoms with Gasteiger partial charge in [-0.2, -0.15) is 5.10 Å². The zero-order valence-electron chi connectivity index (χ0n) is 10.6. The molecule has 0 aliphatic carbocycles. The van der Waals surface area contributed by atoms with E-state index in [0.717, 1.165) is 24.3 Å². The van der Waals surface area contributed by atoms with Crippen LogP contribution in [-0.4, -0.2) is 29.8 Å². The Balaban J connectivity index is 2.49. The van der Waals surface area contributed by atoms with Gasteiger partial charge in [0.1, 0.15) is 0 Å². The fraction of sp³-hybridized carbons (Fsp3) is 0.667. The fourth-order valence-electron chi connectivity index (χ4n) is 1.43. The molecule has 0 aliphatic heterocycles. The fourth-order valence-corrected chi connectivity index (χ4v) is 1.43. The molecule has 1 aromatic rings. The summed E-state index contributed by atoms with van der Waals surface area (Å²) < 4.78 is 0. The van der Waals surface area contributed by atoms with E-state index in [1.807, 2.05) is 20.0 Å². The van der Waals surface area contributed by atoms with E-state index in [-0.39, 0.29) is 6.04 Å². The molecule has 0 amide bonds. The molecule has 1 unspecified atom stereocenters. The van der Waals surface area contributed by atoms with Crippen molar-refractivity contribution >= 4 is 5.82 Å². The van der Waals surface area contributed by atoms with Crippen LogP contribution in [0.15, 0.2) is 12.3 Å². The molecule has 0 fully saturated rings. The molecule has 1 heterocycles. The molecule has 16 heavy (non-hydrogen) atoms. The largest absolute Gasteiger partial charge is 0.358 e. The summed E-state index contributed by atoms with van der Waals surface area (Å²) in [6, 6.07) is 2.29. The van der Waals surface area contributed by atoms with Crippen LogP contribution in [0.25, 0.3) is 0 Å². The van der Waals surface area contributed by atoms with Crippen LogP contribution in [0.3, 0.4) is 0 Å². The van der Waals surface area contributed by atoms with Gasteiger partial charge in [0.15, 0.2) is 5.82 Å². The highest BCUT2D eigenvalue weighted by Crippen LogP contribution is 2.11. The topological polar surface area (TPSA) is 55.0 Å². The standard InChI is InChI=1S/C12H22N4/c1-9(2)11(13)5-6-16(4)12-7-10(3)8-14-15-12/h7-9,11H,5-6,13H2,1-4H3. The number of aryl methyl sites for hydroxylation is 1. The Morgan fingerprint density at radius 1 is 1.44 bits per heavy atom. The molecular weight excluding hydrogens is 200 g/mol. The zero-order valence-corrected chi connectivity index (χ0v) is 10.6. The Hall–Kier alpha value is -1.16. The van der Waals surface area contributed by atoms with Crippen LogP contribution in [0.2, 0.25) is 0 Å². The van der Waals surface area contributed by atoms with E-state index < -0.39 is 0 Å². The number of hydrogen-bond acceptors (Lipinski definition) is 4. The van der Waals surface area contributed by atoms with Crippen molar-refractivity contribution in [3.63, 3.8) is 0 Å². The molecule has 1 aromatic heterocycles. The summed E-state index contributed by atoms with van der Waals surface area (Å²) in [6.45, 7) is 7.23. The van der Waals surface area contributed by atoms with Gasteiger partial charge in [0.05, 0.1) is 6.20 Å². The summed E-state index contributed by atoms with van der Waals surface area (Å²) in [5, 5.41) is 8.04. The van der Waals surface area contributed by atoms with Crippen molar-refractivity contribution in [1.82, 2.24) is 10.2 Å². The quantitative estimate of drug-likeness (QED) is 0.822. The zero-order chi connectivity index (χ0) is 12.1. The lowest BCUT2D eigenvalue weighted by atomic mass is 10.0. The number of nitrogens with zero attached hydrogens (tertiary/aromatic N) is 3. The van der Waals surface area contributed by atoms with Crippen LogP contribution in [0.1, 0.15) is 25.8 Å². The lowest BCUT2D eigenvalue weighted by Gasteiger charge is -2.21. The molecule has 1 rings (SSSR count). The summed E-state index contributed by atoms with van der Waals surface area (Å²) in [5.41, 5.74) is 7.14. The van der Waals surface area contributed by atoms with Crippen molar-refractivity contribution < 1.29 is 0 Å². The molecule has 4 heteroatoms. The molecule has 90 valence electrons.